The summed E-state index contributed by atoms with van der Waals surface area (Å²) < 4.78 is 4.99. The zero-order valence-corrected chi connectivity index (χ0v) is 17.8. The Morgan fingerprint density at radius 2 is 2.20 bits per heavy atom. The molecule has 1 aliphatic carbocycles. The van der Waals surface area contributed by atoms with E-state index in [0.29, 0.717) is 26.1 Å². The van der Waals surface area contributed by atoms with Crippen molar-refractivity contribution in [1.29, 1.82) is 0 Å². The first-order valence-electron chi connectivity index (χ1n) is 10.4. The van der Waals surface area contributed by atoms with Gasteiger partial charge >= 0.3 is 0 Å². The minimum Gasteiger partial charge on any atom is -0.508 e. The zero-order valence-electron chi connectivity index (χ0n) is 17.8. The van der Waals surface area contributed by atoms with Gasteiger partial charge in [0, 0.05) is 50.0 Å². The molecule has 0 saturated heterocycles. The van der Waals surface area contributed by atoms with Crippen LogP contribution in [0.1, 0.15) is 49.2 Å². The van der Waals surface area contributed by atoms with Gasteiger partial charge in [-0.15, -0.1) is 0 Å². The Kier molecular flexibility index (Phi) is 7.47. The summed E-state index contributed by atoms with van der Waals surface area (Å²) in [6.45, 7) is 5.46. The van der Waals surface area contributed by atoms with Crippen LogP contribution in [0.25, 0.3) is 0 Å². The van der Waals surface area contributed by atoms with Gasteiger partial charge in [-0.05, 0) is 24.1 Å². The maximum absolute atomic E-state index is 12.7. The van der Waals surface area contributed by atoms with E-state index in [1.165, 1.54) is 0 Å². The number of carbonyl (C=O) groups is 1. The van der Waals surface area contributed by atoms with Gasteiger partial charge in [0.05, 0.1) is 18.6 Å². The van der Waals surface area contributed by atoms with Crippen LogP contribution >= 0.6 is 0 Å². The van der Waals surface area contributed by atoms with Crippen LogP contribution < -0.4 is 10.6 Å². The molecule has 0 aliphatic heterocycles. The predicted molar refractivity (Wildman–Crippen MR) is 113 cm³/mol. The van der Waals surface area contributed by atoms with Crippen LogP contribution in [0, 0.1) is 5.92 Å². The number of hydrogen-bond donors (Lipinski definition) is 5. The molecule has 1 heterocycles. The highest BCUT2D eigenvalue weighted by Crippen LogP contribution is 2.39. The van der Waals surface area contributed by atoms with E-state index in [9.17, 15) is 15.0 Å². The number of nitrogens with one attached hydrogen (secondary N) is 3. The maximum Gasteiger partial charge on any atom is 0.225 e. The van der Waals surface area contributed by atoms with Crippen molar-refractivity contribution in [2.24, 2.45) is 5.92 Å². The topological polar surface area (TPSA) is 120 Å². The first-order valence-corrected chi connectivity index (χ1v) is 10.4. The number of benzene rings is 1. The summed E-state index contributed by atoms with van der Waals surface area (Å²) in [5.41, 5.74) is 1.76. The van der Waals surface area contributed by atoms with Crippen LogP contribution in [0.2, 0.25) is 0 Å². The number of carbonyl (C=O) groups excluding carboxylic acids is 1. The van der Waals surface area contributed by atoms with Crippen molar-refractivity contribution in [2.45, 2.75) is 50.8 Å². The van der Waals surface area contributed by atoms with Gasteiger partial charge in [-0.1, -0.05) is 26.0 Å². The average molecular weight is 417 g/mol. The minimum atomic E-state index is -0.838. The summed E-state index contributed by atoms with van der Waals surface area (Å²) >= 11 is 0. The molecule has 4 atom stereocenters. The summed E-state index contributed by atoms with van der Waals surface area (Å²) in [5, 5.41) is 27.1. The second-order valence-corrected chi connectivity index (χ2v) is 8.18. The van der Waals surface area contributed by atoms with Gasteiger partial charge in [-0.3, -0.25) is 4.79 Å². The van der Waals surface area contributed by atoms with Crippen molar-refractivity contribution in [3.05, 3.63) is 47.5 Å². The molecule has 1 amide bonds. The fourth-order valence-electron chi connectivity index (χ4n) is 4.06. The number of H-pyrrole nitrogens is 1. The average Bonchev–Trinajstić information content (AvgIpc) is 3.31. The normalized spacial score (nSPS) is 23.8. The molecule has 1 aromatic carbocycles. The largest absolute Gasteiger partial charge is 0.508 e. The number of aromatic hydroxyl groups is 1. The molecule has 0 bridgehead atoms. The number of hydrogen-bond acceptors (Lipinski definition) is 6. The van der Waals surface area contributed by atoms with Crippen LogP contribution in [0.15, 0.2) is 30.5 Å². The van der Waals surface area contributed by atoms with E-state index in [0.717, 1.165) is 17.1 Å². The summed E-state index contributed by atoms with van der Waals surface area (Å²) in [6.07, 6.45) is 1.42. The molecule has 30 heavy (non-hydrogen) atoms. The number of aromatic amines is 1. The molecule has 1 aliphatic rings. The molecule has 1 aromatic heterocycles. The van der Waals surface area contributed by atoms with Crippen molar-refractivity contribution in [3.63, 3.8) is 0 Å². The summed E-state index contributed by atoms with van der Waals surface area (Å²) in [4.78, 5) is 20.4. The second kappa shape index (κ2) is 10.1. The van der Waals surface area contributed by atoms with Crippen LogP contribution in [0.3, 0.4) is 0 Å². The predicted octanol–water partition coefficient (Wildman–Crippen LogP) is 1.62. The molecule has 0 spiro atoms. The lowest BCUT2D eigenvalue weighted by Gasteiger charge is -2.22. The molecular formula is C22H32N4O4. The molecule has 8 heteroatoms. The number of methoxy groups -OCH3 is 1. The molecule has 1 fully saturated rings. The van der Waals surface area contributed by atoms with Crippen LogP contribution in [-0.2, 0) is 16.1 Å². The summed E-state index contributed by atoms with van der Waals surface area (Å²) in [5.74, 6) is 0.318. The molecule has 5 N–H and O–H groups in total. The van der Waals surface area contributed by atoms with Gasteiger partial charge < -0.3 is 30.6 Å². The van der Waals surface area contributed by atoms with Crippen LogP contribution in [-0.4, -0.2) is 58.5 Å². The molecule has 0 unspecified atom stereocenters. The molecule has 0 radical (unpaired) electrons. The van der Waals surface area contributed by atoms with Crippen LogP contribution in [0.5, 0.6) is 5.75 Å². The Balaban J connectivity index is 1.77. The zero-order chi connectivity index (χ0) is 21.7. The number of amides is 1. The standard InChI is InChI=1S/C22H32N4O4/c1-13(2)21-25-12-18(26-21)19-17(24-11-14-5-4-6-15(27)9-14)10-16(20(19)28)22(29)23-7-8-30-3/h4-6,9,12-13,16-17,19-20,24,27-28H,7-8,10-11H2,1-3H3,(H,23,29)(H,25,26)/t16-,17+,19+,20+/m0/s1. The summed E-state index contributed by atoms with van der Waals surface area (Å²) in [7, 11) is 1.58. The van der Waals surface area contributed by atoms with Crippen molar-refractivity contribution < 1.29 is 19.7 Å². The molecule has 1 saturated carbocycles. The summed E-state index contributed by atoms with van der Waals surface area (Å²) in [6, 6.07) is 6.93. The third-order valence-electron chi connectivity index (χ3n) is 5.66. The smallest absolute Gasteiger partial charge is 0.225 e. The van der Waals surface area contributed by atoms with Gasteiger partial charge in [0.15, 0.2) is 0 Å². The number of phenols is 1. The lowest BCUT2D eigenvalue weighted by atomic mass is 9.96. The quantitative estimate of drug-likeness (QED) is 0.396. The number of ether oxygens (including phenoxy) is 1. The van der Waals surface area contributed by atoms with E-state index in [1.54, 1.807) is 31.5 Å². The number of aliphatic hydroxyl groups excluding tert-OH is 1. The molecule has 8 nitrogen and oxygen atoms in total. The Hall–Kier alpha value is -2.42. The van der Waals surface area contributed by atoms with Gasteiger partial charge in [0.2, 0.25) is 5.91 Å². The van der Waals surface area contributed by atoms with Crippen molar-refractivity contribution in [2.75, 3.05) is 20.3 Å². The lowest BCUT2D eigenvalue weighted by Crippen LogP contribution is -2.37. The third-order valence-corrected chi connectivity index (χ3v) is 5.66. The Labute approximate surface area is 177 Å². The van der Waals surface area contributed by atoms with Gasteiger partial charge in [-0.25, -0.2) is 4.98 Å². The Morgan fingerprint density at radius 1 is 1.40 bits per heavy atom. The Morgan fingerprint density at radius 3 is 2.87 bits per heavy atom. The number of rotatable bonds is 9. The van der Waals surface area contributed by atoms with Crippen molar-refractivity contribution >= 4 is 5.91 Å². The first-order chi connectivity index (χ1) is 14.4. The van der Waals surface area contributed by atoms with E-state index < -0.39 is 12.0 Å². The monoisotopic (exact) mass is 416 g/mol. The lowest BCUT2D eigenvalue weighted by molar-refractivity contribution is -0.127. The number of nitrogens with zero attached hydrogens (tertiary/aromatic N) is 1. The number of imidazole rings is 1. The van der Waals surface area contributed by atoms with E-state index in [2.05, 4.69) is 34.4 Å². The SMILES string of the molecule is COCCNC(=O)[C@H]1C[C@@H](NCc2cccc(O)c2)[C@H](c2cnc(C(C)C)[nH]2)[C@@H]1O. The molecular weight excluding hydrogens is 384 g/mol. The van der Waals surface area contributed by atoms with E-state index in [-0.39, 0.29) is 29.5 Å². The highest BCUT2D eigenvalue weighted by molar-refractivity contribution is 5.80. The fourth-order valence-corrected chi connectivity index (χ4v) is 4.06. The van der Waals surface area contributed by atoms with E-state index in [1.807, 2.05) is 6.07 Å². The maximum atomic E-state index is 12.7. The van der Waals surface area contributed by atoms with Crippen molar-refractivity contribution in [1.82, 2.24) is 20.6 Å². The Bertz CT molecular complexity index is 838. The second-order valence-electron chi connectivity index (χ2n) is 8.18. The van der Waals surface area contributed by atoms with Gasteiger partial charge in [-0.2, -0.15) is 0 Å². The highest BCUT2D eigenvalue weighted by Gasteiger charge is 2.47. The van der Waals surface area contributed by atoms with Gasteiger partial charge in [0.1, 0.15) is 11.6 Å². The highest BCUT2D eigenvalue weighted by atomic mass is 16.5. The molecule has 164 valence electrons. The number of aromatic nitrogens is 2. The number of phenolic OH excluding ortho intramolecular Hbond substituents is 1. The van der Waals surface area contributed by atoms with E-state index >= 15 is 0 Å². The number of aliphatic hydroxyl groups is 1. The van der Waals surface area contributed by atoms with Crippen LogP contribution in [0.4, 0.5) is 0 Å². The fraction of sp³-hybridized carbons (Fsp3) is 0.545. The minimum absolute atomic E-state index is 0.124. The van der Waals surface area contributed by atoms with Gasteiger partial charge in [0.25, 0.3) is 0 Å². The molecule has 3 rings (SSSR count). The first kappa shape index (κ1) is 22.3. The van der Waals surface area contributed by atoms with E-state index in [4.69, 9.17) is 4.74 Å². The third kappa shape index (κ3) is 5.19. The van der Waals surface area contributed by atoms with Crippen molar-refractivity contribution in [3.8, 4) is 5.75 Å². The molecule has 2 aromatic rings.